The van der Waals surface area contributed by atoms with Gasteiger partial charge >= 0.3 is 0 Å². The van der Waals surface area contributed by atoms with Crippen LogP contribution in [0.1, 0.15) is 61.0 Å². The largest absolute Gasteiger partial charge is 0.297 e. The van der Waals surface area contributed by atoms with Crippen LogP contribution in [0.3, 0.4) is 0 Å². The molecule has 19 heteroatoms. The predicted octanol–water partition coefficient (Wildman–Crippen LogP) is 4.56. The van der Waals surface area contributed by atoms with Gasteiger partial charge in [-0.3, -0.25) is 26.8 Å². The van der Waals surface area contributed by atoms with Crippen molar-refractivity contribution in [3.8, 4) is 0 Å². The van der Waals surface area contributed by atoms with Crippen molar-refractivity contribution in [2.75, 3.05) is 12.5 Å². The first kappa shape index (κ1) is 45.6. The second kappa shape index (κ2) is 20.0. The lowest BCUT2D eigenvalue weighted by molar-refractivity contribution is -0.384. The molecule has 0 N–H and O–H groups in total. The molecular weight excluding hydrogens is 691 g/mol. The summed E-state index contributed by atoms with van der Waals surface area (Å²) in [6, 6.07) is 11.1. The van der Waals surface area contributed by atoms with Crippen molar-refractivity contribution < 1.29 is 55.3 Å². The molecule has 0 aromatic heterocycles. The number of rotatable bonds is 11. The van der Waals surface area contributed by atoms with E-state index in [1.165, 1.54) is 0 Å². The van der Waals surface area contributed by atoms with Crippen molar-refractivity contribution in [2.24, 2.45) is 0 Å². The van der Waals surface area contributed by atoms with Crippen molar-refractivity contribution in [3.05, 3.63) is 64.2 Å². The zero-order valence-corrected chi connectivity index (χ0v) is 31.0. The molecule has 0 atom stereocenters. The SMILES string of the molecule is CC(C)OS(=O)(=O)c1ccc([N+](=O)[O-])cc1.CC(C)OS(C)(=O)=O.CC(C)OS(C)(=O)=O.Cc1ccc(S(=O)(=O)OC(C)C)cc1. The fourth-order valence-corrected chi connectivity index (χ4v) is 6.33. The highest BCUT2D eigenvalue weighted by molar-refractivity contribution is 7.87. The fraction of sp³-hybridized carbons (Fsp3) is 0.556. The first-order valence-electron chi connectivity index (χ1n) is 13.5. The van der Waals surface area contributed by atoms with E-state index < -0.39 is 51.5 Å². The molecule has 0 radical (unpaired) electrons. The summed E-state index contributed by atoms with van der Waals surface area (Å²) in [6.45, 7) is 15.1. The fourth-order valence-electron chi connectivity index (χ4n) is 2.76. The Labute approximate surface area is 273 Å². The van der Waals surface area contributed by atoms with Crippen LogP contribution < -0.4 is 0 Å². The van der Waals surface area contributed by atoms with E-state index in [1.807, 2.05) is 6.92 Å². The Morgan fingerprint density at radius 3 is 0.978 bits per heavy atom. The lowest BCUT2D eigenvalue weighted by atomic mass is 10.2. The van der Waals surface area contributed by atoms with Gasteiger partial charge in [0.2, 0.25) is 0 Å². The van der Waals surface area contributed by atoms with Gasteiger partial charge in [-0.15, -0.1) is 0 Å². The molecular formula is C27H45NO14S4. The van der Waals surface area contributed by atoms with Crippen molar-refractivity contribution in [3.63, 3.8) is 0 Å². The van der Waals surface area contributed by atoms with E-state index in [-0.39, 0.29) is 33.8 Å². The molecule has 266 valence electrons. The minimum Gasteiger partial charge on any atom is -0.268 e. The summed E-state index contributed by atoms with van der Waals surface area (Å²) in [5.74, 6) is 0. The maximum Gasteiger partial charge on any atom is 0.297 e. The molecule has 0 aliphatic carbocycles. The highest BCUT2D eigenvalue weighted by Gasteiger charge is 2.18. The molecule has 0 fully saturated rings. The van der Waals surface area contributed by atoms with Crippen LogP contribution in [0.2, 0.25) is 0 Å². The van der Waals surface area contributed by atoms with Gasteiger partial charge in [-0.05, 0) is 86.6 Å². The molecule has 2 rings (SSSR count). The highest BCUT2D eigenvalue weighted by atomic mass is 32.2. The summed E-state index contributed by atoms with van der Waals surface area (Å²) in [4.78, 5) is 9.88. The maximum atomic E-state index is 11.5. The van der Waals surface area contributed by atoms with Crippen molar-refractivity contribution in [1.82, 2.24) is 0 Å². The number of nitro groups is 1. The highest BCUT2D eigenvalue weighted by Crippen LogP contribution is 2.18. The van der Waals surface area contributed by atoms with E-state index in [0.29, 0.717) is 0 Å². The van der Waals surface area contributed by atoms with E-state index in [0.717, 1.165) is 42.3 Å². The van der Waals surface area contributed by atoms with Crippen LogP contribution in [-0.2, 0) is 57.2 Å². The quantitative estimate of drug-likeness (QED) is 0.176. The minimum absolute atomic E-state index is 0.0909. The van der Waals surface area contributed by atoms with Crippen LogP contribution in [0.5, 0.6) is 0 Å². The number of nitro benzene ring substituents is 1. The van der Waals surface area contributed by atoms with Gasteiger partial charge in [-0.1, -0.05) is 17.7 Å². The summed E-state index contributed by atoms with van der Waals surface area (Å²) >= 11 is 0. The second-order valence-corrected chi connectivity index (χ2v) is 16.8. The Morgan fingerprint density at radius 2 is 0.783 bits per heavy atom. The molecule has 2 aromatic carbocycles. The number of non-ortho nitro benzene ring substituents is 1. The first-order chi connectivity index (χ1) is 20.6. The average Bonchev–Trinajstić information content (AvgIpc) is 2.81. The Kier molecular flexibility index (Phi) is 19.8. The summed E-state index contributed by atoms with van der Waals surface area (Å²) in [5, 5.41) is 10.4. The standard InChI is InChI=1S/C10H14O3S.C9H11NO5S.2C4H10O3S/c1-8(2)13-14(11,12)10-6-4-9(3)5-7-10;1-7(2)15-16(13,14)9-5-3-8(4-6-9)10(11)12;2*1-4(2)7-8(3,5)6/h4-8H,1-3H3;3-7H,1-2H3;2*4H,1-3H3. The monoisotopic (exact) mass is 735 g/mol. The van der Waals surface area contributed by atoms with Crippen molar-refractivity contribution in [2.45, 2.75) is 96.5 Å². The average molecular weight is 736 g/mol. The minimum atomic E-state index is -3.82. The van der Waals surface area contributed by atoms with Crippen LogP contribution in [-0.4, -0.2) is 75.5 Å². The third-order valence-electron chi connectivity index (χ3n) is 4.02. The number of hydrogen-bond acceptors (Lipinski definition) is 14. The predicted molar refractivity (Wildman–Crippen MR) is 173 cm³/mol. The third-order valence-corrected chi connectivity index (χ3v) is 8.46. The van der Waals surface area contributed by atoms with E-state index in [1.54, 1.807) is 79.7 Å². The first-order valence-corrected chi connectivity index (χ1v) is 20.0. The number of aryl methyl sites for hydroxylation is 1. The lowest BCUT2D eigenvalue weighted by Gasteiger charge is -2.08. The zero-order valence-electron chi connectivity index (χ0n) is 27.7. The molecule has 0 bridgehead atoms. The number of benzene rings is 2. The van der Waals surface area contributed by atoms with Crippen LogP contribution in [0, 0.1) is 17.0 Å². The summed E-state index contributed by atoms with van der Waals surface area (Å²) in [7, 11) is -13.8. The molecule has 15 nitrogen and oxygen atoms in total. The van der Waals surface area contributed by atoms with E-state index >= 15 is 0 Å². The maximum absolute atomic E-state index is 11.5. The molecule has 46 heavy (non-hydrogen) atoms. The Bertz CT molecular complexity index is 1590. The lowest BCUT2D eigenvalue weighted by Crippen LogP contribution is -2.12. The molecule has 0 spiro atoms. The summed E-state index contributed by atoms with van der Waals surface area (Å²) in [5.41, 5.74) is 0.858. The molecule has 0 unspecified atom stereocenters. The van der Waals surface area contributed by atoms with E-state index in [2.05, 4.69) is 8.37 Å². The van der Waals surface area contributed by atoms with Crippen molar-refractivity contribution >= 4 is 46.2 Å². The Morgan fingerprint density at radius 1 is 0.522 bits per heavy atom. The molecule has 0 saturated carbocycles. The molecule has 0 heterocycles. The van der Waals surface area contributed by atoms with Gasteiger partial charge in [0.15, 0.2) is 0 Å². The van der Waals surface area contributed by atoms with Gasteiger partial charge in [0.25, 0.3) is 46.2 Å². The third kappa shape index (κ3) is 23.8. The van der Waals surface area contributed by atoms with Gasteiger partial charge < -0.3 is 0 Å². The molecule has 0 aliphatic rings. The second-order valence-electron chi connectivity index (χ2n) is 10.5. The van der Waals surface area contributed by atoms with Gasteiger partial charge in [0.1, 0.15) is 0 Å². The number of nitrogens with zero attached hydrogens (tertiary/aromatic N) is 1. The van der Waals surface area contributed by atoms with Crippen LogP contribution in [0.15, 0.2) is 58.3 Å². The summed E-state index contributed by atoms with van der Waals surface area (Å²) in [6.07, 6.45) is 0.775. The zero-order chi connectivity index (χ0) is 36.7. The van der Waals surface area contributed by atoms with Crippen LogP contribution in [0.4, 0.5) is 5.69 Å². The van der Waals surface area contributed by atoms with Gasteiger partial charge in [-0.25, -0.2) is 0 Å². The Balaban J connectivity index is 0. The molecule has 2 aromatic rings. The smallest absolute Gasteiger partial charge is 0.268 e. The van der Waals surface area contributed by atoms with Crippen molar-refractivity contribution in [1.29, 1.82) is 0 Å². The Hall–Kier alpha value is -2.52. The molecule has 0 aliphatic heterocycles. The number of hydrogen-bond donors (Lipinski definition) is 0. The normalized spacial score (nSPS) is 12.1. The van der Waals surface area contributed by atoms with E-state index in [4.69, 9.17) is 8.37 Å². The van der Waals surface area contributed by atoms with Gasteiger partial charge in [0, 0.05) is 12.1 Å². The van der Waals surface area contributed by atoms with Gasteiger partial charge in [0.05, 0.1) is 51.6 Å². The molecule has 0 saturated heterocycles. The summed E-state index contributed by atoms with van der Waals surface area (Å²) < 4.78 is 105. The topological polar surface area (TPSA) is 217 Å². The van der Waals surface area contributed by atoms with Crippen LogP contribution in [0.25, 0.3) is 0 Å². The van der Waals surface area contributed by atoms with E-state index in [9.17, 15) is 43.8 Å². The van der Waals surface area contributed by atoms with Gasteiger partial charge in [-0.2, -0.15) is 33.7 Å². The van der Waals surface area contributed by atoms with Crippen LogP contribution >= 0.6 is 0 Å². The molecule has 0 amide bonds.